The molecule has 0 amide bonds. The summed E-state index contributed by atoms with van der Waals surface area (Å²) < 4.78 is 16.3. The largest absolute Gasteiger partial charge is 0.463 e. The molecule has 0 N–H and O–H groups in total. The SMILES string of the molecule is CCCCCC(CC)COCCOCCOC(=O)C(C)(C)CC. The van der Waals surface area contributed by atoms with Gasteiger partial charge >= 0.3 is 5.97 Å². The van der Waals surface area contributed by atoms with Crippen molar-refractivity contribution in [3.63, 3.8) is 0 Å². The Kier molecular flexibility index (Phi) is 13.4. The standard InChI is InChI=1S/C19H38O4/c1-6-9-10-11-17(7-2)16-22-13-12-21-14-15-23-18(20)19(4,5)8-3/h17H,6-16H2,1-5H3. The average Bonchev–Trinajstić information content (AvgIpc) is 2.55. The van der Waals surface area contributed by atoms with Gasteiger partial charge in [0.15, 0.2) is 0 Å². The van der Waals surface area contributed by atoms with E-state index in [0.29, 0.717) is 32.3 Å². The van der Waals surface area contributed by atoms with Gasteiger partial charge in [0.25, 0.3) is 0 Å². The summed E-state index contributed by atoms with van der Waals surface area (Å²) in [5, 5.41) is 0. The summed E-state index contributed by atoms with van der Waals surface area (Å²) in [7, 11) is 0. The molecule has 0 rings (SSSR count). The highest BCUT2D eigenvalue weighted by Crippen LogP contribution is 2.21. The third kappa shape index (κ3) is 11.5. The van der Waals surface area contributed by atoms with Crippen molar-refractivity contribution in [1.82, 2.24) is 0 Å². The number of carbonyl (C=O) groups is 1. The summed E-state index contributed by atoms with van der Waals surface area (Å²) in [4.78, 5) is 11.7. The van der Waals surface area contributed by atoms with Crippen LogP contribution in [0.5, 0.6) is 0 Å². The van der Waals surface area contributed by atoms with Crippen molar-refractivity contribution in [2.24, 2.45) is 11.3 Å². The van der Waals surface area contributed by atoms with E-state index in [4.69, 9.17) is 14.2 Å². The van der Waals surface area contributed by atoms with Crippen LogP contribution in [0.3, 0.4) is 0 Å². The van der Waals surface area contributed by atoms with Crippen LogP contribution in [0.15, 0.2) is 0 Å². The summed E-state index contributed by atoms with van der Waals surface area (Å²) in [5.74, 6) is 0.511. The number of ether oxygens (including phenoxy) is 3. The van der Waals surface area contributed by atoms with Gasteiger partial charge in [-0.05, 0) is 32.6 Å². The molecule has 0 saturated heterocycles. The maximum atomic E-state index is 11.7. The summed E-state index contributed by atoms with van der Waals surface area (Å²) in [6.45, 7) is 13.0. The average molecular weight is 331 g/mol. The first-order valence-corrected chi connectivity index (χ1v) is 9.30. The van der Waals surface area contributed by atoms with Gasteiger partial charge in [0.1, 0.15) is 6.61 Å². The fraction of sp³-hybridized carbons (Fsp3) is 0.947. The molecule has 1 atom stereocenters. The fourth-order valence-electron chi connectivity index (χ4n) is 2.09. The second kappa shape index (κ2) is 13.8. The number of carbonyl (C=O) groups excluding carboxylic acids is 1. The predicted molar refractivity (Wildman–Crippen MR) is 94.6 cm³/mol. The molecular formula is C19H38O4. The van der Waals surface area contributed by atoms with Crippen molar-refractivity contribution in [2.75, 3.05) is 33.0 Å². The Hall–Kier alpha value is -0.610. The van der Waals surface area contributed by atoms with Crippen molar-refractivity contribution in [2.45, 2.75) is 73.1 Å². The fourth-order valence-corrected chi connectivity index (χ4v) is 2.09. The van der Waals surface area contributed by atoms with Crippen LogP contribution in [-0.2, 0) is 19.0 Å². The Morgan fingerprint density at radius 2 is 1.61 bits per heavy atom. The zero-order valence-corrected chi connectivity index (χ0v) is 16.0. The maximum Gasteiger partial charge on any atom is 0.311 e. The molecule has 0 aromatic rings. The highest BCUT2D eigenvalue weighted by molar-refractivity contribution is 5.75. The van der Waals surface area contributed by atoms with Gasteiger partial charge in [0.05, 0.1) is 25.2 Å². The molecule has 23 heavy (non-hydrogen) atoms. The zero-order chi connectivity index (χ0) is 17.6. The van der Waals surface area contributed by atoms with Crippen LogP contribution in [-0.4, -0.2) is 39.0 Å². The predicted octanol–water partition coefficient (Wildman–Crippen LogP) is 4.61. The molecule has 138 valence electrons. The van der Waals surface area contributed by atoms with Crippen molar-refractivity contribution < 1.29 is 19.0 Å². The number of hydrogen-bond donors (Lipinski definition) is 0. The summed E-state index contributed by atoms with van der Waals surface area (Å²) in [6.07, 6.45) is 7.09. The topological polar surface area (TPSA) is 44.8 Å². The molecule has 0 aliphatic rings. The van der Waals surface area contributed by atoms with E-state index in [-0.39, 0.29) is 5.97 Å². The lowest BCUT2D eigenvalue weighted by Crippen LogP contribution is -2.27. The normalized spacial score (nSPS) is 13.1. The maximum absolute atomic E-state index is 11.7. The van der Waals surface area contributed by atoms with Gasteiger partial charge in [-0.3, -0.25) is 4.79 Å². The Bertz CT molecular complexity index is 289. The summed E-state index contributed by atoms with van der Waals surface area (Å²) >= 11 is 0. The lowest BCUT2D eigenvalue weighted by molar-refractivity contribution is -0.155. The minimum Gasteiger partial charge on any atom is -0.463 e. The quantitative estimate of drug-likeness (QED) is 0.325. The number of unbranched alkanes of at least 4 members (excludes halogenated alkanes) is 2. The third-order valence-electron chi connectivity index (χ3n) is 4.42. The first-order valence-electron chi connectivity index (χ1n) is 9.30. The second-order valence-corrected chi connectivity index (χ2v) is 6.83. The van der Waals surface area contributed by atoms with Crippen LogP contribution < -0.4 is 0 Å². The Morgan fingerprint density at radius 3 is 2.22 bits per heavy atom. The van der Waals surface area contributed by atoms with Crippen LogP contribution in [0.25, 0.3) is 0 Å². The van der Waals surface area contributed by atoms with Gasteiger partial charge in [0.2, 0.25) is 0 Å². The van der Waals surface area contributed by atoms with Crippen molar-refractivity contribution in [1.29, 1.82) is 0 Å². The van der Waals surface area contributed by atoms with Crippen molar-refractivity contribution in [3.05, 3.63) is 0 Å². The van der Waals surface area contributed by atoms with Crippen LogP contribution in [0.4, 0.5) is 0 Å². The van der Waals surface area contributed by atoms with Gasteiger partial charge in [-0.15, -0.1) is 0 Å². The molecule has 0 aliphatic carbocycles. The molecule has 0 aliphatic heterocycles. The van der Waals surface area contributed by atoms with Gasteiger partial charge in [-0.25, -0.2) is 0 Å². The van der Waals surface area contributed by atoms with Gasteiger partial charge in [-0.1, -0.05) is 46.5 Å². The molecule has 0 heterocycles. The van der Waals surface area contributed by atoms with Gasteiger partial charge in [0, 0.05) is 6.61 Å². The van der Waals surface area contributed by atoms with E-state index in [1.807, 2.05) is 20.8 Å². The molecule has 0 aromatic carbocycles. The Balaban J connectivity index is 3.50. The Morgan fingerprint density at radius 1 is 0.957 bits per heavy atom. The van der Waals surface area contributed by atoms with E-state index in [1.165, 1.54) is 32.1 Å². The molecule has 4 heteroatoms. The van der Waals surface area contributed by atoms with E-state index >= 15 is 0 Å². The number of rotatable bonds is 15. The van der Waals surface area contributed by atoms with E-state index in [1.54, 1.807) is 0 Å². The minimum atomic E-state index is -0.407. The Labute approximate surface area is 143 Å². The first kappa shape index (κ1) is 22.4. The van der Waals surface area contributed by atoms with E-state index in [9.17, 15) is 4.79 Å². The van der Waals surface area contributed by atoms with E-state index in [0.717, 1.165) is 13.0 Å². The molecule has 4 nitrogen and oxygen atoms in total. The summed E-state index contributed by atoms with van der Waals surface area (Å²) in [6, 6.07) is 0. The van der Waals surface area contributed by atoms with Crippen molar-refractivity contribution in [3.8, 4) is 0 Å². The lowest BCUT2D eigenvalue weighted by atomic mass is 9.91. The first-order chi connectivity index (χ1) is 11.0. The highest BCUT2D eigenvalue weighted by atomic mass is 16.6. The molecule has 0 saturated carbocycles. The van der Waals surface area contributed by atoms with Gasteiger partial charge < -0.3 is 14.2 Å². The number of hydrogen-bond acceptors (Lipinski definition) is 4. The van der Waals surface area contributed by atoms with Crippen LogP contribution in [0.1, 0.15) is 73.1 Å². The van der Waals surface area contributed by atoms with E-state index < -0.39 is 5.41 Å². The highest BCUT2D eigenvalue weighted by Gasteiger charge is 2.26. The molecule has 0 bridgehead atoms. The zero-order valence-electron chi connectivity index (χ0n) is 16.0. The molecule has 0 radical (unpaired) electrons. The minimum absolute atomic E-state index is 0.155. The molecular weight excluding hydrogens is 292 g/mol. The molecule has 0 aromatic heterocycles. The van der Waals surface area contributed by atoms with Crippen molar-refractivity contribution >= 4 is 5.97 Å². The monoisotopic (exact) mass is 330 g/mol. The van der Waals surface area contributed by atoms with Gasteiger partial charge in [-0.2, -0.15) is 0 Å². The molecule has 0 spiro atoms. The summed E-state index contributed by atoms with van der Waals surface area (Å²) in [5.41, 5.74) is -0.407. The smallest absolute Gasteiger partial charge is 0.311 e. The van der Waals surface area contributed by atoms with E-state index in [2.05, 4.69) is 13.8 Å². The second-order valence-electron chi connectivity index (χ2n) is 6.83. The number of esters is 1. The van der Waals surface area contributed by atoms with Crippen LogP contribution in [0.2, 0.25) is 0 Å². The third-order valence-corrected chi connectivity index (χ3v) is 4.42. The molecule has 1 unspecified atom stereocenters. The van der Waals surface area contributed by atoms with Crippen LogP contribution in [0, 0.1) is 11.3 Å². The lowest BCUT2D eigenvalue weighted by Gasteiger charge is -2.20. The molecule has 0 fully saturated rings. The van der Waals surface area contributed by atoms with Crippen LogP contribution >= 0.6 is 0 Å².